The summed E-state index contributed by atoms with van der Waals surface area (Å²) in [5.74, 6) is 1.19. The van der Waals surface area contributed by atoms with Crippen molar-refractivity contribution in [2.75, 3.05) is 38.1 Å². The molecule has 1 aliphatic rings. The van der Waals surface area contributed by atoms with E-state index in [0.29, 0.717) is 33.6 Å². The minimum Gasteiger partial charge on any atom is -0.495 e. The van der Waals surface area contributed by atoms with E-state index in [1.54, 1.807) is 44.2 Å². The van der Waals surface area contributed by atoms with Gasteiger partial charge < -0.3 is 24.4 Å². The number of thioether (sulfide) groups is 1. The van der Waals surface area contributed by atoms with Crippen LogP contribution in [0, 0.1) is 0 Å². The molecule has 0 aliphatic carbocycles. The van der Waals surface area contributed by atoms with Crippen LogP contribution in [0.3, 0.4) is 0 Å². The number of para-hydroxylation sites is 1. The molecule has 3 aromatic carbocycles. The summed E-state index contributed by atoms with van der Waals surface area (Å²) < 4.78 is 16.1. The number of benzene rings is 3. The Morgan fingerprint density at radius 1 is 1.00 bits per heavy atom. The van der Waals surface area contributed by atoms with E-state index in [1.165, 1.54) is 12.0 Å². The predicted molar refractivity (Wildman–Crippen MR) is 138 cm³/mol. The van der Waals surface area contributed by atoms with E-state index in [0.717, 1.165) is 10.5 Å². The van der Waals surface area contributed by atoms with Crippen molar-refractivity contribution in [1.82, 2.24) is 0 Å². The number of anilines is 2. The highest BCUT2D eigenvalue weighted by atomic mass is 35.5. The van der Waals surface area contributed by atoms with E-state index < -0.39 is 0 Å². The number of nitrogens with one attached hydrogen (secondary N) is 1. The van der Waals surface area contributed by atoms with Gasteiger partial charge in [0, 0.05) is 21.6 Å². The molecule has 35 heavy (non-hydrogen) atoms. The summed E-state index contributed by atoms with van der Waals surface area (Å²) in [6, 6.07) is 18.2. The van der Waals surface area contributed by atoms with Crippen molar-refractivity contribution in [3.8, 4) is 17.2 Å². The van der Waals surface area contributed by atoms with Crippen molar-refractivity contribution in [2.45, 2.75) is 16.6 Å². The van der Waals surface area contributed by atoms with Crippen LogP contribution in [-0.4, -0.2) is 39.7 Å². The maximum atomic E-state index is 13.4. The Labute approximate surface area is 213 Å². The molecule has 2 amide bonds. The van der Waals surface area contributed by atoms with Crippen LogP contribution >= 0.6 is 23.4 Å². The number of methoxy groups -OCH3 is 3. The fraction of sp³-hybridized carbons (Fsp3) is 0.231. The van der Waals surface area contributed by atoms with Gasteiger partial charge in [0.2, 0.25) is 11.8 Å². The Bertz CT molecular complexity index is 1250. The molecule has 1 atom stereocenters. The Morgan fingerprint density at radius 2 is 1.71 bits per heavy atom. The minimum absolute atomic E-state index is 0.148. The summed E-state index contributed by atoms with van der Waals surface area (Å²) in [6.45, 7) is -0.148. The van der Waals surface area contributed by atoms with E-state index in [9.17, 15) is 9.59 Å². The Hall–Kier alpha value is -3.36. The van der Waals surface area contributed by atoms with E-state index in [4.69, 9.17) is 25.8 Å². The topological polar surface area (TPSA) is 77.1 Å². The van der Waals surface area contributed by atoms with Crippen molar-refractivity contribution in [2.24, 2.45) is 0 Å². The summed E-state index contributed by atoms with van der Waals surface area (Å²) in [5.41, 5.74) is 2.07. The first kappa shape index (κ1) is 24.8. The van der Waals surface area contributed by atoms with Crippen molar-refractivity contribution in [3.63, 3.8) is 0 Å². The average molecular weight is 513 g/mol. The van der Waals surface area contributed by atoms with Crippen molar-refractivity contribution < 1.29 is 23.8 Å². The lowest BCUT2D eigenvalue weighted by Gasteiger charge is -2.22. The third-order valence-electron chi connectivity index (χ3n) is 5.60. The number of hydrogen-bond donors (Lipinski definition) is 1. The van der Waals surface area contributed by atoms with Gasteiger partial charge >= 0.3 is 0 Å². The predicted octanol–water partition coefficient (Wildman–Crippen LogP) is 5.57. The van der Waals surface area contributed by atoms with Gasteiger partial charge in [-0.25, -0.2) is 0 Å². The second-order valence-corrected chi connectivity index (χ2v) is 9.45. The summed E-state index contributed by atoms with van der Waals surface area (Å²) >= 11 is 7.67. The number of amides is 2. The van der Waals surface area contributed by atoms with Gasteiger partial charge in [-0.2, -0.15) is 0 Å². The van der Waals surface area contributed by atoms with Crippen LogP contribution in [0.5, 0.6) is 17.2 Å². The molecule has 3 aromatic rings. The third-order valence-corrected chi connectivity index (χ3v) is 7.16. The lowest BCUT2D eigenvalue weighted by molar-refractivity contribution is -0.121. The third kappa shape index (κ3) is 5.49. The molecule has 0 bridgehead atoms. The summed E-state index contributed by atoms with van der Waals surface area (Å²) in [7, 11) is 4.68. The molecule has 0 aromatic heterocycles. The SMILES string of the molecule is COc1ccc(Cl)cc1NC(=O)CN1C(=O)C[C@H](c2ccc(OC)c(OC)c2)Sc2ccccc21. The fourth-order valence-electron chi connectivity index (χ4n) is 3.90. The second kappa shape index (κ2) is 10.9. The number of halogens is 1. The molecule has 0 fully saturated rings. The molecule has 7 nitrogen and oxygen atoms in total. The highest BCUT2D eigenvalue weighted by molar-refractivity contribution is 7.99. The van der Waals surface area contributed by atoms with Gasteiger partial charge in [0.25, 0.3) is 0 Å². The maximum Gasteiger partial charge on any atom is 0.244 e. The quantitative estimate of drug-likeness (QED) is 0.445. The molecule has 0 saturated carbocycles. The lowest BCUT2D eigenvalue weighted by Crippen LogP contribution is -2.38. The normalized spacial score (nSPS) is 15.1. The molecule has 0 saturated heterocycles. The zero-order valence-corrected chi connectivity index (χ0v) is 21.1. The van der Waals surface area contributed by atoms with Crippen LogP contribution in [0.15, 0.2) is 65.6 Å². The molecule has 0 unspecified atom stereocenters. The van der Waals surface area contributed by atoms with E-state index >= 15 is 0 Å². The first-order chi connectivity index (χ1) is 16.9. The molecule has 4 rings (SSSR count). The number of rotatable bonds is 7. The molecule has 1 heterocycles. The van der Waals surface area contributed by atoms with Gasteiger partial charge in [-0.3, -0.25) is 9.59 Å². The largest absolute Gasteiger partial charge is 0.495 e. The van der Waals surface area contributed by atoms with Crippen LogP contribution in [0.1, 0.15) is 17.2 Å². The van der Waals surface area contributed by atoms with Gasteiger partial charge in [-0.1, -0.05) is 29.8 Å². The van der Waals surface area contributed by atoms with Gasteiger partial charge in [0.15, 0.2) is 11.5 Å². The Morgan fingerprint density at radius 3 is 2.46 bits per heavy atom. The van der Waals surface area contributed by atoms with E-state index in [2.05, 4.69) is 5.32 Å². The number of ether oxygens (including phenoxy) is 3. The number of carbonyl (C=O) groups excluding carboxylic acids is 2. The lowest BCUT2D eigenvalue weighted by atomic mass is 10.1. The van der Waals surface area contributed by atoms with Crippen LogP contribution in [-0.2, 0) is 9.59 Å². The van der Waals surface area contributed by atoms with Gasteiger partial charge in [-0.05, 0) is 48.0 Å². The van der Waals surface area contributed by atoms with Crippen LogP contribution in [0.25, 0.3) is 0 Å². The average Bonchev–Trinajstić information content (AvgIpc) is 3.00. The van der Waals surface area contributed by atoms with Crippen molar-refractivity contribution >= 4 is 46.6 Å². The van der Waals surface area contributed by atoms with Crippen molar-refractivity contribution in [1.29, 1.82) is 0 Å². The molecular formula is C26H25ClN2O5S. The standard InChI is InChI=1S/C26H25ClN2O5S/c1-32-20-11-9-17(27)13-18(20)28-25(30)15-29-19-6-4-5-7-23(19)35-24(14-26(29)31)16-8-10-21(33-2)22(12-16)34-3/h4-13,24H,14-15H2,1-3H3,(H,28,30)/t24-/m1/s1. The smallest absolute Gasteiger partial charge is 0.244 e. The highest BCUT2D eigenvalue weighted by Gasteiger charge is 2.31. The monoisotopic (exact) mass is 512 g/mol. The first-order valence-corrected chi connectivity index (χ1v) is 12.1. The molecule has 182 valence electrons. The minimum atomic E-state index is -0.358. The van der Waals surface area contributed by atoms with Gasteiger partial charge in [0.05, 0.1) is 32.7 Å². The molecule has 0 spiro atoms. The molecule has 9 heteroatoms. The fourth-order valence-corrected chi connectivity index (χ4v) is 5.34. The first-order valence-electron chi connectivity index (χ1n) is 10.8. The summed E-state index contributed by atoms with van der Waals surface area (Å²) in [5, 5.41) is 3.11. The zero-order chi connectivity index (χ0) is 24.9. The van der Waals surface area contributed by atoms with Crippen molar-refractivity contribution in [3.05, 3.63) is 71.2 Å². The number of fused-ring (bicyclic) bond motifs is 1. The number of nitrogens with zero attached hydrogens (tertiary/aromatic N) is 1. The van der Waals surface area contributed by atoms with Gasteiger partial charge in [0.1, 0.15) is 12.3 Å². The molecule has 1 N–H and O–H groups in total. The molecular weight excluding hydrogens is 488 g/mol. The summed E-state index contributed by atoms with van der Waals surface area (Å²) in [4.78, 5) is 28.9. The number of carbonyl (C=O) groups is 2. The van der Waals surface area contributed by atoms with Crippen LogP contribution < -0.4 is 24.4 Å². The Kier molecular flexibility index (Phi) is 7.73. The molecule has 0 radical (unpaired) electrons. The summed E-state index contributed by atoms with van der Waals surface area (Å²) in [6.07, 6.45) is 0.211. The van der Waals surface area contributed by atoms with E-state index in [1.807, 2.05) is 42.5 Å². The highest BCUT2D eigenvalue weighted by Crippen LogP contribution is 2.46. The van der Waals surface area contributed by atoms with E-state index in [-0.39, 0.29) is 30.0 Å². The zero-order valence-electron chi connectivity index (χ0n) is 19.5. The van der Waals surface area contributed by atoms with Crippen LogP contribution in [0.4, 0.5) is 11.4 Å². The Balaban J connectivity index is 1.60. The maximum absolute atomic E-state index is 13.4. The second-order valence-electron chi connectivity index (χ2n) is 7.77. The molecule has 1 aliphatic heterocycles. The van der Waals surface area contributed by atoms with Gasteiger partial charge in [-0.15, -0.1) is 11.8 Å². The number of hydrogen-bond acceptors (Lipinski definition) is 6. The van der Waals surface area contributed by atoms with Crippen LogP contribution in [0.2, 0.25) is 5.02 Å².